The summed E-state index contributed by atoms with van der Waals surface area (Å²) in [6.07, 6.45) is -0.585. The summed E-state index contributed by atoms with van der Waals surface area (Å²) >= 11 is 0. The second-order valence-electron chi connectivity index (χ2n) is 7.64. The molecule has 2 heterocycles. The number of hydrogen-bond acceptors (Lipinski definition) is 7. The lowest BCUT2D eigenvalue weighted by Gasteiger charge is -2.34. The maximum atomic E-state index is 12.8. The van der Waals surface area contributed by atoms with Gasteiger partial charge in [-0.2, -0.15) is 4.31 Å². The third-order valence-electron chi connectivity index (χ3n) is 5.46. The van der Waals surface area contributed by atoms with Crippen molar-refractivity contribution in [3.8, 4) is 0 Å². The fourth-order valence-corrected chi connectivity index (χ4v) is 5.28. The first-order valence-electron chi connectivity index (χ1n) is 10.6. The van der Waals surface area contributed by atoms with Gasteiger partial charge in [0.1, 0.15) is 5.58 Å². The molecule has 0 aliphatic carbocycles. The average Bonchev–Trinajstić information content (AvgIpc) is 2.80. The minimum absolute atomic E-state index is 0.249. The number of rotatable bonds is 6. The van der Waals surface area contributed by atoms with E-state index in [2.05, 4.69) is 10.2 Å². The van der Waals surface area contributed by atoms with E-state index in [-0.39, 0.29) is 11.5 Å². The normalized spacial score (nSPS) is 15.4. The second-order valence-corrected chi connectivity index (χ2v) is 9.58. The molecule has 174 valence electrons. The largest absolute Gasteiger partial charge is 0.450 e. The fourth-order valence-electron chi connectivity index (χ4n) is 3.83. The van der Waals surface area contributed by atoms with E-state index in [1.165, 1.54) is 10.4 Å². The third kappa shape index (κ3) is 5.24. The quantitative estimate of drug-likeness (QED) is 0.551. The molecule has 33 heavy (non-hydrogen) atoms. The Labute approximate surface area is 191 Å². The molecule has 4 rings (SSSR count). The van der Waals surface area contributed by atoms with Crippen molar-refractivity contribution in [1.82, 2.24) is 9.21 Å². The molecule has 1 aliphatic rings. The molecule has 9 nitrogen and oxygen atoms in total. The monoisotopic (exact) mass is 471 g/mol. The summed E-state index contributed by atoms with van der Waals surface area (Å²) in [5, 5.41) is 3.34. The predicted octanol–water partition coefficient (Wildman–Crippen LogP) is 2.87. The minimum Gasteiger partial charge on any atom is -0.450 e. The first-order valence-corrected chi connectivity index (χ1v) is 12.1. The lowest BCUT2D eigenvalue weighted by atomic mass is 10.1. The molecule has 0 radical (unpaired) electrons. The molecule has 0 unspecified atom stereocenters. The number of nitrogens with one attached hydrogen (secondary N) is 1. The molecule has 0 saturated carbocycles. The van der Waals surface area contributed by atoms with Gasteiger partial charge in [-0.3, -0.25) is 10.2 Å². The number of benzene rings is 2. The first kappa shape index (κ1) is 23.0. The summed E-state index contributed by atoms with van der Waals surface area (Å²) in [5.74, 6) is 0. The molecule has 0 atom stereocenters. The SMILES string of the molecule is CCOC(=O)Nc1ccc2c(CN3CCN(S(=O)(=O)c4ccccc4)CC3)cc(=O)oc2c1. The van der Waals surface area contributed by atoms with E-state index in [0.29, 0.717) is 44.0 Å². The summed E-state index contributed by atoms with van der Waals surface area (Å²) in [4.78, 5) is 26.2. The zero-order valence-corrected chi connectivity index (χ0v) is 19.0. The van der Waals surface area contributed by atoms with Gasteiger partial charge < -0.3 is 9.15 Å². The zero-order chi connectivity index (χ0) is 23.4. The van der Waals surface area contributed by atoms with Gasteiger partial charge in [-0.25, -0.2) is 18.0 Å². The molecule has 1 aromatic heterocycles. The maximum Gasteiger partial charge on any atom is 0.411 e. The minimum atomic E-state index is -3.52. The Morgan fingerprint density at radius 3 is 2.48 bits per heavy atom. The van der Waals surface area contributed by atoms with Crippen LogP contribution >= 0.6 is 0 Å². The molecule has 1 saturated heterocycles. The summed E-state index contributed by atoms with van der Waals surface area (Å²) in [5.41, 5.74) is 1.11. The Morgan fingerprint density at radius 2 is 1.79 bits per heavy atom. The lowest BCUT2D eigenvalue weighted by molar-refractivity contribution is 0.168. The Hall–Kier alpha value is -3.21. The van der Waals surface area contributed by atoms with Crippen LogP contribution in [0, 0.1) is 0 Å². The van der Waals surface area contributed by atoms with Crippen LogP contribution < -0.4 is 10.9 Å². The third-order valence-corrected chi connectivity index (χ3v) is 7.37. The van der Waals surface area contributed by atoms with E-state index in [1.54, 1.807) is 55.5 Å². The summed E-state index contributed by atoms with van der Waals surface area (Å²) < 4.78 is 37.4. The van der Waals surface area contributed by atoms with Crippen LogP contribution in [0.4, 0.5) is 10.5 Å². The molecule has 0 spiro atoms. The van der Waals surface area contributed by atoms with E-state index in [0.717, 1.165) is 10.9 Å². The number of carbonyl (C=O) groups excluding carboxylic acids is 1. The number of sulfonamides is 1. The van der Waals surface area contributed by atoms with Gasteiger partial charge in [0.25, 0.3) is 0 Å². The highest BCUT2D eigenvalue weighted by molar-refractivity contribution is 7.89. The van der Waals surface area contributed by atoms with E-state index >= 15 is 0 Å². The van der Waals surface area contributed by atoms with E-state index in [4.69, 9.17) is 9.15 Å². The van der Waals surface area contributed by atoms with Crippen molar-refractivity contribution in [3.63, 3.8) is 0 Å². The molecule has 0 bridgehead atoms. The Balaban J connectivity index is 1.47. The Morgan fingerprint density at radius 1 is 1.06 bits per heavy atom. The Kier molecular flexibility index (Phi) is 6.77. The first-order chi connectivity index (χ1) is 15.9. The van der Waals surface area contributed by atoms with Crippen molar-refractivity contribution in [1.29, 1.82) is 0 Å². The van der Waals surface area contributed by atoms with Gasteiger partial charge in [0.15, 0.2) is 0 Å². The van der Waals surface area contributed by atoms with Gasteiger partial charge >= 0.3 is 11.7 Å². The molecule has 3 aromatic rings. The fraction of sp³-hybridized carbons (Fsp3) is 0.304. The summed E-state index contributed by atoms with van der Waals surface area (Å²) in [6.45, 7) is 4.24. The molecule has 1 aliphatic heterocycles. The van der Waals surface area contributed by atoms with Crippen molar-refractivity contribution in [2.45, 2.75) is 18.4 Å². The number of fused-ring (bicyclic) bond motifs is 1. The highest BCUT2D eigenvalue weighted by Gasteiger charge is 2.28. The molecular weight excluding hydrogens is 446 g/mol. The molecule has 1 fully saturated rings. The molecule has 1 N–H and O–H groups in total. The Bertz CT molecular complexity index is 1300. The van der Waals surface area contributed by atoms with Crippen LogP contribution in [0.1, 0.15) is 12.5 Å². The number of ether oxygens (including phenoxy) is 1. The standard InChI is InChI=1S/C23H25N3O6S/c1-2-31-23(28)24-18-8-9-20-17(14-22(27)32-21(20)15-18)16-25-10-12-26(13-11-25)33(29,30)19-6-4-3-5-7-19/h3-9,14-15H,2,10-13,16H2,1H3,(H,24,28). The van der Waals surface area contributed by atoms with Crippen molar-refractivity contribution in [2.75, 3.05) is 38.1 Å². The molecule has 1 amide bonds. The van der Waals surface area contributed by atoms with Crippen LogP contribution in [-0.4, -0.2) is 56.5 Å². The van der Waals surface area contributed by atoms with E-state index in [1.807, 2.05) is 0 Å². The van der Waals surface area contributed by atoms with Gasteiger partial charge in [-0.1, -0.05) is 18.2 Å². The molecular formula is C23H25N3O6S. The summed E-state index contributed by atoms with van der Waals surface area (Å²) in [7, 11) is -3.52. The molecule has 2 aromatic carbocycles. The van der Waals surface area contributed by atoms with Crippen molar-refractivity contribution in [3.05, 3.63) is 70.6 Å². The van der Waals surface area contributed by atoms with Crippen LogP contribution in [0.5, 0.6) is 0 Å². The van der Waals surface area contributed by atoms with Gasteiger partial charge in [0.2, 0.25) is 10.0 Å². The van der Waals surface area contributed by atoms with Gasteiger partial charge in [-0.05, 0) is 36.8 Å². The van der Waals surface area contributed by atoms with Crippen molar-refractivity contribution in [2.24, 2.45) is 0 Å². The van der Waals surface area contributed by atoms with Crippen LogP contribution in [0.2, 0.25) is 0 Å². The highest BCUT2D eigenvalue weighted by Crippen LogP contribution is 2.24. The van der Waals surface area contributed by atoms with Crippen LogP contribution in [0.15, 0.2) is 68.7 Å². The highest BCUT2D eigenvalue weighted by atomic mass is 32.2. The van der Waals surface area contributed by atoms with E-state index < -0.39 is 21.7 Å². The number of carbonyl (C=O) groups is 1. The maximum absolute atomic E-state index is 12.8. The number of anilines is 1. The van der Waals surface area contributed by atoms with Crippen LogP contribution in [0.25, 0.3) is 11.0 Å². The number of nitrogens with zero attached hydrogens (tertiary/aromatic N) is 2. The molecule has 10 heteroatoms. The second kappa shape index (κ2) is 9.74. The predicted molar refractivity (Wildman–Crippen MR) is 124 cm³/mol. The van der Waals surface area contributed by atoms with Crippen molar-refractivity contribution < 1.29 is 22.4 Å². The smallest absolute Gasteiger partial charge is 0.411 e. The van der Waals surface area contributed by atoms with Gasteiger partial charge in [0.05, 0.1) is 11.5 Å². The zero-order valence-electron chi connectivity index (χ0n) is 18.2. The van der Waals surface area contributed by atoms with Gasteiger partial charge in [-0.15, -0.1) is 0 Å². The van der Waals surface area contributed by atoms with Gasteiger partial charge in [0, 0.05) is 55.9 Å². The average molecular weight is 472 g/mol. The van der Waals surface area contributed by atoms with Crippen molar-refractivity contribution >= 4 is 32.8 Å². The topological polar surface area (TPSA) is 109 Å². The summed E-state index contributed by atoms with van der Waals surface area (Å²) in [6, 6.07) is 14.9. The lowest BCUT2D eigenvalue weighted by Crippen LogP contribution is -2.48. The number of piperazine rings is 1. The van der Waals surface area contributed by atoms with E-state index in [9.17, 15) is 18.0 Å². The number of hydrogen-bond donors (Lipinski definition) is 1. The van der Waals surface area contributed by atoms with Crippen LogP contribution in [0.3, 0.4) is 0 Å². The number of amides is 1. The van der Waals surface area contributed by atoms with Crippen LogP contribution in [-0.2, 0) is 21.3 Å².